The number of hydrogen-bond donors (Lipinski definition) is 1. The Morgan fingerprint density at radius 2 is 1.66 bits per heavy atom. The maximum Gasteiger partial charge on any atom is 0.248 e. The number of ether oxygens (including phenoxy) is 1. The van der Waals surface area contributed by atoms with Gasteiger partial charge in [0.1, 0.15) is 23.0 Å². The van der Waals surface area contributed by atoms with Gasteiger partial charge in [-0.2, -0.15) is 0 Å². The summed E-state index contributed by atoms with van der Waals surface area (Å²) < 4.78 is 37.9. The molecule has 0 aliphatic carbocycles. The highest BCUT2D eigenvalue weighted by Crippen LogP contribution is 2.40. The fourth-order valence-corrected chi connectivity index (χ4v) is 3.71. The molecule has 0 spiro atoms. The summed E-state index contributed by atoms with van der Waals surface area (Å²) in [5.41, 5.74) is 4.99. The maximum absolute atomic E-state index is 13.4. The molecule has 3 aromatic carbocycles. The van der Waals surface area contributed by atoms with Crippen molar-refractivity contribution in [3.63, 3.8) is 0 Å². The summed E-state index contributed by atoms with van der Waals surface area (Å²) >= 11 is 0. The number of nitrogens with one attached hydrogen (secondary N) is 1. The van der Waals surface area contributed by atoms with Crippen LogP contribution in [0.2, 0.25) is 0 Å². The molecule has 6 heteroatoms. The van der Waals surface area contributed by atoms with E-state index in [1.54, 1.807) is 25.5 Å². The smallest absolute Gasteiger partial charge is 0.248 e. The number of halogens is 2. The minimum absolute atomic E-state index is 0.314. The molecule has 0 saturated carbocycles. The van der Waals surface area contributed by atoms with Crippen molar-refractivity contribution in [2.75, 3.05) is 12.4 Å². The predicted octanol–water partition coefficient (Wildman–Crippen LogP) is 6.74. The number of benzene rings is 3. The van der Waals surface area contributed by atoms with E-state index in [-0.39, 0.29) is 17.5 Å². The molecule has 1 heterocycles. The van der Waals surface area contributed by atoms with Gasteiger partial charge >= 0.3 is 0 Å². The summed E-state index contributed by atoms with van der Waals surface area (Å²) in [5, 5.41) is 3.55. The molecular weight excluding hydrogens is 412 g/mol. The molecule has 0 atom stereocenters. The van der Waals surface area contributed by atoms with E-state index in [2.05, 4.69) is 5.32 Å². The van der Waals surface area contributed by atoms with Crippen molar-refractivity contribution >= 4 is 28.1 Å². The molecule has 0 saturated heterocycles. The summed E-state index contributed by atoms with van der Waals surface area (Å²) in [6, 6.07) is 13.6. The van der Waals surface area contributed by atoms with Crippen LogP contribution in [0.3, 0.4) is 0 Å². The molecule has 1 N–H and O–H groups in total. The zero-order valence-corrected chi connectivity index (χ0v) is 17.8. The first kappa shape index (κ1) is 21.3. The Labute approximate surface area is 184 Å². The topological polar surface area (TPSA) is 51.5 Å². The molecule has 0 fully saturated rings. The molecule has 0 bridgehead atoms. The predicted molar refractivity (Wildman–Crippen MR) is 122 cm³/mol. The number of carbonyl (C=O) groups excluding carboxylic acids is 1. The maximum atomic E-state index is 13.4. The van der Waals surface area contributed by atoms with Gasteiger partial charge < -0.3 is 14.5 Å². The number of carbonyl (C=O) groups is 1. The number of rotatable bonds is 5. The Kier molecular flexibility index (Phi) is 5.77. The van der Waals surface area contributed by atoms with Crippen LogP contribution in [0.1, 0.15) is 18.1 Å². The van der Waals surface area contributed by atoms with Crippen LogP contribution in [0.5, 0.6) is 5.75 Å². The van der Waals surface area contributed by atoms with Crippen LogP contribution < -0.4 is 10.1 Å². The van der Waals surface area contributed by atoms with Gasteiger partial charge in [0.15, 0.2) is 0 Å². The van der Waals surface area contributed by atoms with Gasteiger partial charge in [0.25, 0.3) is 0 Å². The lowest BCUT2D eigenvalue weighted by Crippen LogP contribution is -2.08. The van der Waals surface area contributed by atoms with E-state index < -0.39 is 0 Å². The number of hydrogen-bond acceptors (Lipinski definition) is 3. The minimum Gasteiger partial charge on any atom is -0.496 e. The van der Waals surface area contributed by atoms with E-state index in [9.17, 15) is 13.6 Å². The quantitative estimate of drug-likeness (QED) is 0.355. The van der Waals surface area contributed by atoms with Crippen LogP contribution in [-0.2, 0) is 4.79 Å². The molecule has 1 aromatic heterocycles. The van der Waals surface area contributed by atoms with Crippen molar-refractivity contribution in [3.05, 3.63) is 89.7 Å². The molecule has 4 aromatic rings. The van der Waals surface area contributed by atoms with Gasteiger partial charge in [-0.25, -0.2) is 8.78 Å². The lowest BCUT2D eigenvalue weighted by molar-refractivity contribution is -0.111. The first-order chi connectivity index (χ1) is 15.4. The fraction of sp³-hybridized carbons (Fsp3) is 0.115. The summed E-state index contributed by atoms with van der Waals surface area (Å²) in [7, 11) is 1.56. The van der Waals surface area contributed by atoms with Crippen LogP contribution >= 0.6 is 0 Å². The van der Waals surface area contributed by atoms with E-state index in [0.29, 0.717) is 22.6 Å². The Bertz CT molecular complexity index is 1320. The fourth-order valence-electron chi connectivity index (χ4n) is 3.71. The van der Waals surface area contributed by atoms with Crippen molar-refractivity contribution in [2.24, 2.45) is 0 Å². The number of methoxy groups -OCH3 is 1. The summed E-state index contributed by atoms with van der Waals surface area (Å²) in [4.78, 5) is 12.5. The van der Waals surface area contributed by atoms with Gasteiger partial charge in [0.05, 0.1) is 13.4 Å². The third kappa shape index (κ3) is 4.12. The van der Waals surface area contributed by atoms with Gasteiger partial charge in [-0.15, -0.1) is 0 Å². The molecule has 0 radical (unpaired) electrons. The normalized spacial score (nSPS) is 11.6. The molecule has 4 nitrogen and oxygen atoms in total. The zero-order valence-electron chi connectivity index (χ0n) is 17.8. The van der Waals surface area contributed by atoms with Gasteiger partial charge in [-0.1, -0.05) is 12.1 Å². The molecule has 0 aliphatic rings. The second kappa shape index (κ2) is 8.67. The van der Waals surface area contributed by atoms with Gasteiger partial charge in [0, 0.05) is 33.8 Å². The first-order valence-electron chi connectivity index (χ1n) is 9.97. The SMILES string of the molecule is COc1c(/C(C)=C/C(=O)Nc2ccc(F)cc2)cc2c(-c3ccc(F)cc3)coc2c1C. The second-order valence-electron chi connectivity index (χ2n) is 7.44. The molecular formula is C26H21F2NO3. The highest BCUT2D eigenvalue weighted by atomic mass is 19.1. The Hall–Kier alpha value is -3.93. The highest BCUT2D eigenvalue weighted by Gasteiger charge is 2.19. The second-order valence-corrected chi connectivity index (χ2v) is 7.44. The number of anilines is 1. The van der Waals surface area contributed by atoms with E-state index in [1.165, 1.54) is 42.5 Å². The van der Waals surface area contributed by atoms with Crippen LogP contribution in [0.25, 0.3) is 27.7 Å². The summed E-state index contributed by atoms with van der Waals surface area (Å²) in [6.07, 6.45) is 3.10. The van der Waals surface area contributed by atoms with E-state index in [4.69, 9.17) is 9.15 Å². The lowest BCUT2D eigenvalue weighted by atomic mass is 9.96. The van der Waals surface area contributed by atoms with Gasteiger partial charge in [0.2, 0.25) is 5.91 Å². The molecule has 0 aliphatic heterocycles. The number of allylic oxidation sites excluding steroid dienone is 1. The summed E-state index contributed by atoms with van der Waals surface area (Å²) in [5.74, 6) is -0.438. The largest absolute Gasteiger partial charge is 0.496 e. The Balaban J connectivity index is 1.75. The standard InChI is InChI=1S/C26H21F2NO3/c1-15(12-24(30)29-20-10-8-19(28)9-11-20)21-13-22-23(17-4-6-18(27)7-5-17)14-32-26(22)16(2)25(21)31-3/h4-14H,1-3H3,(H,29,30)/b15-12+. The minimum atomic E-state index is -0.375. The molecule has 4 rings (SSSR count). The van der Waals surface area contributed by atoms with Crippen molar-refractivity contribution in [2.45, 2.75) is 13.8 Å². The van der Waals surface area contributed by atoms with E-state index in [1.807, 2.05) is 19.9 Å². The summed E-state index contributed by atoms with van der Waals surface area (Å²) in [6.45, 7) is 3.69. The Morgan fingerprint density at radius 1 is 1.03 bits per heavy atom. The first-order valence-corrected chi connectivity index (χ1v) is 9.97. The van der Waals surface area contributed by atoms with Gasteiger partial charge in [-0.05, 0) is 67.4 Å². The molecule has 1 amide bonds. The van der Waals surface area contributed by atoms with Crippen molar-refractivity contribution in [1.29, 1.82) is 0 Å². The third-order valence-electron chi connectivity index (χ3n) is 5.29. The molecule has 0 unspecified atom stereocenters. The van der Waals surface area contributed by atoms with E-state index >= 15 is 0 Å². The van der Waals surface area contributed by atoms with Gasteiger partial charge in [-0.3, -0.25) is 4.79 Å². The average molecular weight is 433 g/mol. The van der Waals surface area contributed by atoms with Crippen LogP contribution in [0, 0.1) is 18.6 Å². The number of furan rings is 1. The molecule has 162 valence electrons. The Morgan fingerprint density at radius 3 is 2.28 bits per heavy atom. The van der Waals surface area contributed by atoms with Crippen LogP contribution in [-0.4, -0.2) is 13.0 Å². The molecule has 32 heavy (non-hydrogen) atoms. The zero-order chi connectivity index (χ0) is 22.8. The van der Waals surface area contributed by atoms with Crippen LogP contribution in [0.4, 0.5) is 14.5 Å². The van der Waals surface area contributed by atoms with Crippen LogP contribution in [0.15, 0.2) is 71.4 Å². The van der Waals surface area contributed by atoms with Crippen molar-refractivity contribution < 1.29 is 22.7 Å². The highest BCUT2D eigenvalue weighted by molar-refractivity contribution is 6.05. The number of amides is 1. The number of fused-ring (bicyclic) bond motifs is 1. The third-order valence-corrected chi connectivity index (χ3v) is 5.29. The lowest BCUT2D eigenvalue weighted by Gasteiger charge is -2.13. The van der Waals surface area contributed by atoms with E-state index in [0.717, 1.165) is 27.6 Å². The van der Waals surface area contributed by atoms with Crippen molar-refractivity contribution in [1.82, 2.24) is 0 Å². The monoisotopic (exact) mass is 433 g/mol. The van der Waals surface area contributed by atoms with Crippen molar-refractivity contribution in [3.8, 4) is 16.9 Å². The number of aryl methyl sites for hydroxylation is 1. The average Bonchev–Trinajstić information content (AvgIpc) is 3.20.